The number of nitrogens with zero attached hydrogens (tertiary/aromatic N) is 2. The van der Waals surface area contributed by atoms with E-state index in [1.165, 1.54) is 25.1 Å². The number of benzene rings is 1. The Balaban J connectivity index is 2.07. The van der Waals surface area contributed by atoms with Crippen LogP contribution in [0.3, 0.4) is 0 Å². The number of hydrogen-bond donors (Lipinski definition) is 1. The van der Waals surface area contributed by atoms with Gasteiger partial charge >= 0.3 is 0 Å². The zero-order valence-corrected chi connectivity index (χ0v) is 13.2. The quantitative estimate of drug-likeness (QED) is 0.516. The second kappa shape index (κ2) is 7.67. The van der Waals surface area contributed by atoms with E-state index in [2.05, 4.69) is 5.32 Å². The molecule has 0 radical (unpaired) electrons. The Morgan fingerprint density at radius 2 is 2.21 bits per heavy atom. The predicted molar refractivity (Wildman–Crippen MR) is 85.5 cm³/mol. The number of rotatable bonds is 4. The number of nitrogens with one attached hydrogen (secondary N) is 1. The van der Waals surface area contributed by atoms with Crippen LogP contribution in [0, 0.1) is 15.9 Å². The highest BCUT2D eigenvalue weighted by molar-refractivity contribution is 5.92. The second-order valence-electron chi connectivity index (χ2n) is 5.62. The average molecular weight is 335 g/mol. The summed E-state index contributed by atoms with van der Waals surface area (Å²) >= 11 is 0. The highest BCUT2D eigenvalue weighted by Crippen LogP contribution is 2.21. The summed E-state index contributed by atoms with van der Waals surface area (Å²) < 4.78 is 13.1. The minimum atomic E-state index is -0.709. The number of amides is 2. The lowest BCUT2D eigenvalue weighted by Crippen LogP contribution is -2.48. The molecule has 8 heteroatoms. The first-order valence-electron chi connectivity index (χ1n) is 7.55. The molecule has 0 spiro atoms. The summed E-state index contributed by atoms with van der Waals surface area (Å²) in [7, 11) is 0. The lowest BCUT2D eigenvalue weighted by Gasteiger charge is -2.32. The van der Waals surface area contributed by atoms with Gasteiger partial charge in [0.15, 0.2) is 0 Å². The highest BCUT2D eigenvalue weighted by Gasteiger charge is 2.23. The first-order valence-corrected chi connectivity index (χ1v) is 7.55. The molecular formula is C16H18FN3O4. The topological polar surface area (TPSA) is 92.6 Å². The van der Waals surface area contributed by atoms with Gasteiger partial charge in [-0.3, -0.25) is 19.7 Å². The van der Waals surface area contributed by atoms with Crippen LogP contribution in [0.1, 0.15) is 25.3 Å². The van der Waals surface area contributed by atoms with Crippen LogP contribution in [0.4, 0.5) is 10.1 Å². The van der Waals surface area contributed by atoms with Crippen molar-refractivity contribution in [1.29, 1.82) is 0 Å². The molecule has 1 aliphatic rings. The van der Waals surface area contributed by atoms with E-state index < -0.39 is 16.4 Å². The van der Waals surface area contributed by atoms with Crippen molar-refractivity contribution in [3.05, 3.63) is 45.8 Å². The van der Waals surface area contributed by atoms with E-state index in [0.717, 1.165) is 25.0 Å². The van der Waals surface area contributed by atoms with Gasteiger partial charge in [0.25, 0.3) is 5.69 Å². The van der Waals surface area contributed by atoms with Gasteiger partial charge in [-0.15, -0.1) is 0 Å². The van der Waals surface area contributed by atoms with Crippen molar-refractivity contribution < 1.29 is 18.9 Å². The van der Waals surface area contributed by atoms with E-state index >= 15 is 0 Å². The van der Waals surface area contributed by atoms with E-state index in [0.29, 0.717) is 13.1 Å². The van der Waals surface area contributed by atoms with Crippen molar-refractivity contribution in [3.8, 4) is 0 Å². The van der Waals surface area contributed by atoms with E-state index in [9.17, 15) is 24.1 Å². The van der Waals surface area contributed by atoms with Crippen LogP contribution in [0.5, 0.6) is 0 Å². The van der Waals surface area contributed by atoms with Crippen molar-refractivity contribution in [2.24, 2.45) is 0 Å². The summed E-state index contributed by atoms with van der Waals surface area (Å²) in [6.45, 7) is 2.38. The Bertz CT molecular complexity index is 690. The Morgan fingerprint density at radius 1 is 1.46 bits per heavy atom. The molecule has 1 aromatic rings. The molecule has 1 heterocycles. The Morgan fingerprint density at radius 3 is 2.88 bits per heavy atom. The van der Waals surface area contributed by atoms with Crippen LogP contribution in [-0.2, 0) is 9.59 Å². The molecule has 0 saturated carbocycles. The molecule has 1 atom stereocenters. The van der Waals surface area contributed by atoms with Gasteiger partial charge in [0.1, 0.15) is 5.82 Å². The summed E-state index contributed by atoms with van der Waals surface area (Å²) in [6, 6.07) is 3.09. The molecule has 1 unspecified atom stereocenters. The molecule has 0 aromatic heterocycles. The molecule has 1 aliphatic heterocycles. The van der Waals surface area contributed by atoms with Gasteiger partial charge in [-0.1, -0.05) is 0 Å². The van der Waals surface area contributed by atoms with Gasteiger partial charge in [0.2, 0.25) is 11.8 Å². The fourth-order valence-corrected chi connectivity index (χ4v) is 2.66. The monoisotopic (exact) mass is 335 g/mol. The van der Waals surface area contributed by atoms with Crippen molar-refractivity contribution in [2.75, 3.05) is 13.1 Å². The number of piperidine rings is 1. The first kappa shape index (κ1) is 17.6. The van der Waals surface area contributed by atoms with Crippen molar-refractivity contribution in [1.82, 2.24) is 10.2 Å². The molecule has 7 nitrogen and oxygen atoms in total. The molecule has 1 N–H and O–H groups in total. The average Bonchev–Trinajstić information content (AvgIpc) is 2.52. The first-order chi connectivity index (χ1) is 11.4. The van der Waals surface area contributed by atoms with Gasteiger partial charge in [-0.05, 0) is 31.1 Å². The maximum atomic E-state index is 13.1. The van der Waals surface area contributed by atoms with Crippen molar-refractivity contribution in [2.45, 2.75) is 25.8 Å². The number of carbonyl (C=O) groups is 2. The smallest absolute Gasteiger partial charge is 0.279 e. The van der Waals surface area contributed by atoms with Crippen LogP contribution >= 0.6 is 0 Å². The fraction of sp³-hybridized carbons (Fsp3) is 0.375. The summed E-state index contributed by atoms with van der Waals surface area (Å²) in [6.07, 6.45) is 4.11. The van der Waals surface area contributed by atoms with E-state index in [1.54, 1.807) is 4.90 Å². The van der Waals surface area contributed by atoms with Crippen LogP contribution in [0.15, 0.2) is 24.3 Å². The number of nitro groups is 1. The molecule has 1 fully saturated rings. The van der Waals surface area contributed by atoms with Gasteiger partial charge in [-0.25, -0.2) is 4.39 Å². The molecule has 2 amide bonds. The number of halogens is 1. The molecular weight excluding hydrogens is 317 g/mol. The molecule has 0 bridgehead atoms. The zero-order chi connectivity index (χ0) is 17.7. The molecule has 2 rings (SSSR count). The number of likely N-dealkylation sites (tertiary alicyclic amines) is 1. The van der Waals surface area contributed by atoms with Gasteiger partial charge < -0.3 is 10.2 Å². The van der Waals surface area contributed by atoms with E-state index in [1.807, 2.05) is 0 Å². The third kappa shape index (κ3) is 4.61. The summed E-state index contributed by atoms with van der Waals surface area (Å²) in [4.78, 5) is 35.2. The predicted octanol–water partition coefficient (Wildman–Crippen LogP) is 1.87. The lowest BCUT2D eigenvalue weighted by atomic mass is 10.1. The van der Waals surface area contributed by atoms with Crippen LogP contribution in [0.25, 0.3) is 6.08 Å². The summed E-state index contributed by atoms with van der Waals surface area (Å²) in [5.41, 5.74) is -0.237. The standard InChI is InChI=1S/C16H18FN3O4/c1-11(21)18-14-3-2-8-19(10-14)16(22)7-5-12-4-6-13(17)9-15(12)20(23)24/h4-7,9,14H,2-3,8,10H2,1H3,(H,18,21)/b7-5+. The van der Waals surface area contributed by atoms with Gasteiger partial charge in [0, 0.05) is 32.1 Å². The minimum absolute atomic E-state index is 0.0891. The molecule has 24 heavy (non-hydrogen) atoms. The van der Waals surface area contributed by atoms with Crippen LogP contribution < -0.4 is 5.32 Å². The van der Waals surface area contributed by atoms with Crippen molar-refractivity contribution in [3.63, 3.8) is 0 Å². The molecule has 1 saturated heterocycles. The normalized spacial score (nSPS) is 17.8. The second-order valence-corrected chi connectivity index (χ2v) is 5.62. The maximum absolute atomic E-state index is 13.1. The number of carbonyl (C=O) groups excluding carboxylic acids is 2. The summed E-state index contributed by atoms with van der Waals surface area (Å²) in [5, 5.41) is 13.7. The Kier molecular flexibility index (Phi) is 5.62. The van der Waals surface area contributed by atoms with Crippen LogP contribution in [-0.4, -0.2) is 40.8 Å². The third-order valence-corrected chi connectivity index (χ3v) is 3.74. The molecule has 128 valence electrons. The zero-order valence-electron chi connectivity index (χ0n) is 13.2. The Labute approximate surface area is 138 Å². The lowest BCUT2D eigenvalue weighted by molar-refractivity contribution is -0.385. The van der Waals surface area contributed by atoms with E-state index in [4.69, 9.17) is 0 Å². The van der Waals surface area contributed by atoms with Crippen molar-refractivity contribution >= 4 is 23.6 Å². The summed E-state index contributed by atoms with van der Waals surface area (Å²) in [5.74, 6) is -1.16. The van der Waals surface area contributed by atoms with Gasteiger partial charge in [-0.2, -0.15) is 0 Å². The third-order valence-electron chi connectivity index (χ3n) is 3.74. The number of nitro benzene ring substituents is 1. The molecule has 1 aromatic carbocycles. The van der Waals surface area contributed by atoms with Gasteiger partial charge in [0.05, 0.1) is 16.6 Å². The van der Waals surface area contributed by atoms with Crippen LogP contribution in [0.2, 0.25) is 0 Å². The number of hydrogen-bond acceptors (Lipinski definition) is 4. The maximum Gasteiger partial charge on any atom is 0.279 e. The Hall–Kier alpha value is -2.77. The largest absolute Gasteiger partial charge is 0.352 e. The van der Waals surface area contributed by atoms with E-state index in [-0.39, 0.29) is 23.4 Å². The fourth-order valence-electron chi connectivity index (χ4n) is 2.66. The molecule has 0 aliphatic carbocycles. The minimum Gasteiger partial charge on any atom is -0.352 e. The SMILES string of the molecule is CC(=O)NC1CCCN(C(=O)/C=C/c2ccc(F)cc2[N+](=O)[O-])C1. The highest BCUT2D eigenvalue weighted by atomic mass is 19.1.